The molecule has 0 aliphatic rings. The molecule has 7 heteroatoms. The molecule has 0 fully saturated rings. The Kier molecular flexibility index (Phi) is 4.83. The van der Waals surface area contributed by atoms with E-state index in [1.807, 2.05) is 6.07 Å². The van der Waals surface area contributed by atoms with Crippen molar-refractivity contribution in [2.24, 2.45) is 0 Å². The molecule has 3 rings (SSSR count). The zero-order valence-corrected chi connectivity index (χ0v) is 13.6. The summed E-state index contributed by atoms with van der Waals surface area (Å²) in [6, 6.07) is 15.6. The molecule has 0 aliphatic carbocycles. The van der Waals surface area contributed by atoms with Crippen LogP contribution in [0.3, 0.4) is 0 Å². The summed E-state index contributed by atoms with van der Waals surface area (Å²) < 4.78 is 16.7. The van der Waals surface area contributed by atoms with Gasteiger partial charge in [0.15, 0.2) is 5.82 Å². The maximum absolute atomic E-state index is 12.1. The zero-order valence-electron chi connectivity index (χ0n) is 12.7. The van der Waals surface area contributed by atoms with Gasteiger partial charge in [-0.15, -0.1) is 5.10 Å². The van der Waals surface area contributed by atoms with E-state index in [1.165, 1.54) is 12.5 Å². The number of aromatic nitrogens is 3. The summed E-state index contributed by atoms with van der Waals surface area (Å²) in [6.45, 7) is 0. The highest BCUT2D eigenvalue weighted by atomic mass is 32.2. The van der Waals surface area contributed by atoms with E-state index in [1.54, 1.807) is 48.5 Å². The molecule has 0 saturated heterocycles. The number of esters is 1. The van der Waals surface area contributed by atoms with Crippen molar-refractivity contribution in [2.45, 2.75) is 5.03 Å². The van der Waals surface area contributed by atoms with Crippen molar-refractivity contribution in [3.05, 3.63) is 66.4 Å². The first-order chi connectivity index (χ1) is 11.6. The second-order valence-electron chi connectivity index (χ2n) is 4.86. The molecule has 0 amide bonds. The lowest BCUT2D eigenvalue weighted by Crippen LogP contribution is -2.08. The van der Waals surface area contributed by atoms with Gasteiger partial charge in [-0.3, -0.25) is 0 Å². The van der Waals surface area contributed by atoms with Crippen molar-refractivity contribution in [3.63, 3.8) is 0 Å². The molecular weight excluding hydrogens is 326 g/mol. The fourth-order valence-electron chi connectivity index (χ4n) is 1.97. The van der Waals surface area contributed by atoms with Gasteiger partial charge >= 0.3 is 5.97 Å². The Hall–Kier alpha value is -2.77. The van der Waals surface area contributed by atoms with Crippen molar-refractivity contribution in [2.75, 3.05) is 6.26 Å². The van der Waals surface area contributed by atoms with Crippen LogP contribution in [-0.4, -0.2) is 32.0 Å². The van der Waals surface area contributed by atoms with E-state index < -0.39 is 17.1 Å². The average molecular weight is 339 g/mol. The van der Waals surface area contributed by atoms with Gasteiger partial charge in [0.1, 0.15) is 18.2 Å². The van der Waals surface area contributed by atoms with Gasteiger partial charge in [-0.2, -0.15) is 0 Å². The minimum Gasteiger partial charge on any atom is -0.610 e. The molecule has 0 aliphatic heterocycles. The summed E-state index contributed by atoms with van der Waals surface area (Å²) in [5.74, 6) is 0.304. The molecule has 6 nitrogen and oxygen atoms in total. The normalized spacial score (nSPS) is 11.8. The molecule has 24 heavy (non-hydrogen) atoms. The van der Waals surface area contributed by atoms with Crippen molar-refractivity contribution in [3.8, 4) is 17.1 Å². The maximum atomic E-state index is 12.1. The third-order valence-electron chi connectivity index (χ3n) is 3.15. The number of benzene rings is 2. The number of nitrogens with zero attached hydrogens (tertiary/aromatic N) is 3. The second kappa shape index (κ2) is 7.20. The topological polar surface area (TPSA) is 88.0 Å². The Labute approximate surface area is 141 Å². The Morgan fingerprint density at radius 1 is 1.08 bits per heavy atom. The number of rotatable bonds is 4. The summed E-state index contributed by atoms with van der Waals surface area (Å²) in [5.41, 5.74) is 1.12. The van der Waals surface area contributed by atoms with E-state index in [0.717, 1.165) is 0 Å². The monoisotopic (exact) mass is 339 g/mol. The number of ether oxygens (including phenoxy) is 1. The number of hydrogen-bond donors (Lipinski definition) is 0. The fraction of sp³-hybridized carbons (Fsp3) is 0.0588. The fourth-order valence-corrected chi connectivity index (χ4v) is 2.32. The van der Waals surface area contributed by atoms with Crippen LogP contribution >= 0.6 is 0 Å². The van der Waals surface area contributed by atoms with Crippen molar-refractivity contribution >= 4 is 17.1 Å². The van der Waals surface area contributed by atoms with Gasteiger partial charge in [0.05, 0.1) is 5.56 Å². The second-order valence-corrected chi connectivity index (χ2v) is 6.18. The number of carbonyl (C=O) groups excluding carboxylic acids is 1. The highest BCUT2D eigenvalue weighted by Gasteiger charge is 2.11. The van der Waals surface area contributed by atoms with Crippen molar-refractivity contribution in [1.82, 2.24) is 15.2 Å². The summed E-state index contributed by atoms with van der Waals surface area (Å²) in [4.78, 5) is 16.2. The van der Waals surface area contributed by atoms with E-state index in [4.69, 9.17) is 4.74 Å². The summed E-state index contributed by atoms with van der Waals surface area (Å²) in [5, 5.41) is 8.14. The van der Waals surface area contributed by atoms with E-state index in [0.29, 0.717) is 27.7 Å². The SMILES string of the molecule is C[S+]([O-])c1cnc(-c2cccc(OC(=O)c3ccccc3)c2)nn1. The molecule has 0 N–H and O–H groups in total. The molecule has 2 aromatic carbocycles. The molecule has 1 heterocycles. The van der Waals surface area contributed by atoms with Crippen LogP contribution in [-0.2, 0) is 11.2 Å². The lowest BCUT2D eigenvalue weighted by Gasteiger charge is -2.06. The lowest BCUT2D eigenvalue weighted by atomic mass is 10.2. The Balaban J connectivity index is 1.80. The lowest BCUT2D eigenvalue weighted by molar-refractivity contribution is 0.0735. The van der Waals surface area contributed by atoms with Crippen LogP contribution in [0.2, 0.25) is 0 Å². The Morgan fingerprint density at radius 3 is 2.54 bits per heavy atom. The quantitative estimate of drug-likeness (QED) is 0.412. The number of hydrogen-bond acceptors (Lipinski definition) is 6. The smallest absolute Gasteiger partial charge is 0.343 e. The molecule has 0 spiro atoms. The largest absolute Gasteiger partial charge is 0.610 e. The van der Waals surface area contributed by atoms with Gasteiger partial charge in [-0.1, -0.05) is 35.4 Å². The van der Waals surface area contributed by atoms with Gasteiger partial charge in [-0.05, 0) is 24.3 Å². The van der Waals surface area contributed by atoms with E-state index in [-0.39, 0.29) is 0 Å². The molecule has 0 saturated carbocycles. The summed E-state index contributed by atoms with van der Waals surface area (Å²) in [7, 11) is 0. The van der Waals surface area contributed by atoms with Crippen LogP contribution in [0.5, 0.6) is 5.75 Å². The van der Waals surface area contributed by atoms with Crippen LogP contribution in [0, 0.1) is 0 Å². The van der Waals surface area contributed by atoms with Crippen molar-refractivity contribution in [1.29, 1.82) is 0 Å². The van der Waals surface area contributed by atoms with Crippen LogP contribution in [0.25, 0.3) is 11.4 Å². The molecule has 3 aromatic rings. The number of carbonyl (C=O) groups is 1. The molecular formula is C17H13N3O3S. The van der Waals surface area contributed by atoms with E-state index >= 15 is 0 Å². The first-order valence-corrected chi connectivity index (χ1v) is 8.60. The highest BCUT2D eigenvalue weighted by molar-refractivity contribution is 7.90. The Bertz CT molecular complexity index is 839. The predicted molar refractivity (Wildman–Crippen MR) is 89.0 cm³/mol. The third-order valence-corrected chi connectivity index (χ3v) is 3.92. The van der Waals surface area contributed by atoms with E-state index in [2.05, 4.69) is 15.2 Å². The van der Waals surface area contributed by atoms with Crippen molar-refractivity contribution < 1.29 is 14.1 Å². The van der Waals surface area contributed by atoms with Gasteiger partial charge in [0.2, 0.25) is 0 Å². The highest BCUT2D eigenvalue weighted by Crippen LogP contribution is 2.21. The third kappa shape index (κ3) is 3.76. The predicted octanol–water partition coefficient (Wildman–Crippen LogP) is 2.50. The zero-order chi connectivity index (χ0) is 16.9. The minimum atomic E-state index is -1.23. The average Bonchev–Trinajstić information content (AvgIpc) is 2.63. The Morgan fingerprint density at radius 2 is 1.88 bits per heavy atom. The molecule has 1 aromatic heterocycles. The molecule has 0 radical (unpaired) electrons. The van der Waals surface area contributed by atoms with Crippen LogP contribution in [0.4, 0.5) is 0 Å². The minimum absolute atomic E-state index is 0.311. The first kappa shape index (κ1) is 16.1. The maximum Gasteiger partial charge on any atom is 0.343 e. The van der Waals surface area contributed by atoms with Crippen LogP contribution in [0.15, 0.2) is 65.8 Å². The summed E-state index contributed by atoms with van der Waals surface area (Å²) in [6.07, 6.45) is 2.93. The standard InChI is InChI=1S/C17H13N3O3S/c1-24(22)15-11-18-16(20-19-15)13-8-5-9-14(10-13)23-17(21)12-6-3-2-4-7-12/h2-11H,1H3. The van der Waals surface area contributed by atoms with Gasteiger partial charge < -0.3 is 9.29 Å². The summed E-state index contributed by atoms with van der Waals surface area (Å²) >= 11 is -1.23. The molecule has 120 valence electrons. The molecule has 1 atom stereocenters. The molecule has 1 unspecified atom stereocenters. The molecule has 0 bridgehead atoms. The first-order valence-electron chi connectivity index (χ1n) is 7.04. The van der Waals surface area contributed by atoms with Gasteiger partial charge in [0, 0.05) is 16.7 Å². The van der Waals surface area contributed by atoms with Gasteiger partial charge in [0.25, 0.3) is 5.03 Å². The van der Waals surface area contributed by atoms with Crippen LogP contribution < -0.4 is 4.74 Å². The van der Waals surface area contributed by atoms with Gasteiger partial charge in [-0.25, -0.2) is 9.78 Å². The van der Waals surface area contributed by atoms with E-state index in [9.17, 15) is 9.35 Å². The van der Waals surface area contributed by atoms with Crippen LogP contribution in [0.1, 0.15) is 10.4 Å².